The average molecular weight is 335 g/mol. The van der Waals surface area contributed by atoms with Crippen molar-refractivity contribution in [3.8, 4) is 17.1 Å². The second-order valence-corrected chi connectivity index (χ2v) is 6.35. The second kappa shape index (κ2) is 7.07. The largest absolute Gasteiger partial charge is 0.492 e. The first-order chi connectivity index (χ1) is 12.3. The lowest BCUT2D eigenvalue weighted by Gasteiger charge is -2.15. The fourth-order valence-corrected chi connectivity index (χ4v) is 3.23. The molecule has 0 aliphatic carbocycles. The molecule has 1 aliphatic heterocycles. The fourth-order valence-electron chi connectivity index (χ4n) is 3.23. The molecule has 0 spiro atoms. The van der Waals surface area contributed by atoms with Crippen LogP contribution in [0.15, 0.2) is 53.3 Å². The summed E-state index contributed by atoms with van der Waals surface area (Å²) in [5, 5.41) is 0.605. The van der Waals surface area contributed by atoms with E-state index in [0.717, 1.165) is 17.9 Å². The molecule has 128 valence electrons. The van der Waals surface area contributed by atoms with E-state index in [9.17, 15) is 4.79 Å². The molecule has 1 aliphatic rings. The van der Waals surface area contributed by atoms with Gasteiger partial charge in [0.05, 0.1) is 10.9 Å². The molecule has 1 fully saturated rings. The predicted molar refractivity (Wildman–Crippen MR) is 99.0 cm³/mol. The highest BCUT2D eigenvalue weighted by molar-refractivity contribution is 5.79. The van der Waals surface area contributed by atoms with Gasteiger partial charge in [0.2, 0.25) is 0 Å². The van der Waals surface area contributed by atoms with Crippen LogP contribution in [0.25, 0.3) is 22.3 Å². The zero-order valence-corrected chi connectivity index (χ0v) is 14.1. The number of aromatic nitrogens is 2. The van der Waals surface area contributed by atoms with E-state index in [1.165, 1.54) is 25.9 Å². The number of aromatic amines is 1. The highest BCUT2D eigenvalue weighted by Gasteiger charge is 2.11. The number of fused-ring (bicyclic) bond motifs is 1. The lowest BCUT2D eigenvalue weighted by molar-refractivity contribution is 0.238. The number of benzene rings is 2. The van der Waals surface area contributed by atoms with Gasteiger partial charge in [-0.15, -0.1) is 0 Å². The number of ether oxygens (including phenoxy) is 1. The molecule has 0 radical (unpaired) electrons. The number of para-hydroxylation sites is 1. The van der Waals surface area contributed by atoms with Gasteiger partial charge in [0.1, 0.15) is 18.2 Å². The Hall–Kier alpha value is -2.66. The summed E-state index contributed by atoms with van der Waals surface area (Å²) in [4.78, 5) is 22.0. The zero-order valence-electron chi connectivity index (χ0n) is 14.1. The first-order valence-corrected chi connectivity index (χ1v) is 8.74. The van der Waals surface area contributed by atoms with Crippen molar-refractivity contribution in [2.45, 2.75) is 12.8 Å². The zero-order chi connectivity index (χ0) is 17.1. The van der Waals surface area contributed by atoms with Crippen LogP contribution in [0.2, 0.25) is 0 Å². The number of nitrogens with one attached hydrogen (secondary N) is 1. The van der Waals surface area contributed by atoms with Gasteiger partial charge in [0.15, 0.2) is 0 Å². The molecule has 5 nitrogen and oxygen atoms in total. The van der Waals surface area contributed by atoms with E-state index in [4.69, 9.17) is 4.74 Å². The summed E-state index contributed by atoms with van der Waals surface area (Å²) in [6, 6.07) is 15.1. The molecular weight excluding hydrogens is 314 g/mol. The Morgan fingerprint density at radius 1 is 1.04 bits per heavy atom. The summed E-state index contributed by atoms with van der Waals surface area (Å²) < 4.78 is 5.82. The maximum Gasteiger partial charge on any atom is 0.259 e. The van der Waals surface area contributed by atoms with Crippen LogP contribution in [0.4, 0.5) is 0 Å². The number of H-pyrrole nitrogens is 1. The molecule has 5 heteroatoms. The lowest BCUT2D eigenvalue weighted by Crippen LogP contribution is -2.25. The predicted octanol–water partition coefficient (Wildman–Crippen LogP) is 3.06. The molecule has 0 amide bonds. The highest BCUT2D eigenvalue weighted by Crippen LogP contribution is 2.20. The molecule has 25 heavy (non-hydrogen) atoms. The maximum atomic E-state index is 12.2. The third-order valence-corrected chi connectivity index (χ3v) is 4.62. The molecule has 1 N–H and O–H groups in total. The number of hydrogen-bond acceptors (Lipinski definition) is 4. The smallest absolute Gasteiger partial charge is 0.259 e. The molecule has 2 heterocycles. The normalized spacial score (nSPS) is 14.9. The monoisotopic (exact) mass is 335 g/mol. The van der Waals surface area contributed by atoms with E-state index in [0.29, 0.717) is 23.3 Å². The van der Waals surface area contributed by atoms with Crippen molar-refractivity contribution in [3.05, 3.63) is 58.9 Å². The van der Waals surface area contributed by atoms with Crippen LogP contribution < -0.4 is 10.3 Å². The number of rotatable bonds is 5. The van der Waals surface area contributed by atoms with E-state index < -0.39 is 0 Å². The maximum absolute atomic E-state index is 12.2. The third kappa shape index (κ3) is 3.56. The molecule has 0 unspecified atom stereocenters. The fraction of sp³-hybridized carbons (Fsp3) is 0.300. The van der Waals surface area contributed by atoms with Crippen LogP contribution in [0.3, 0.4) is 0 Å². The minimum Gasteiger partial charge on any atom is -0.492 e. The first kappa shape index (κ1) is 15.8. The molecule has 0 atom stereocenters. The Balaban J connectivity index is 1.47. The van der Waals surface area contributed by atoms with Crippen molar-refractivity contribution in [1.29, 1.82) is 0 Å². The Bertz CT molecular complexity index is 912. The van der Waals surface area contributed by atoms with Gasteiger partial charge in [-0.25, -0.2) is 4.98 Å². The van der Waals surface area contributed by atoms with Gasteiger partial charge in [-0.1, -0.05) is 12.1 Å². The molecule has 1 aromatic heterocycles. The Labute approximate surface area is 146 Å². The minimum absolute atomic E-state index is 0.119. The van der Waals surface area contributed by atoms with Crippen LogP contribution in [0, 0.1) is 0 Å². The van der Waals surface area contributed by atoms with E-state index in [1.54, 1.807) is 6.07 Å². The van der Waals surface area contributed by atoms with Gasteiger partial charge in [-0.3, -0.25) is 9.69 Å². The van der Waals surface area contributed by atoms with Crippen LogP contribution >= 0.6 is 0 Å². The third-order valence-electron chi connectivity index (χ3n) is 4.62. The number of likely N-dealkylation sites (tertiary alicyclic amines) is 1. The molecule has 4 rings (SSSR count). The van der Waals surface area contributed by atoms with Gasteiger partial charge >= 0.3 is 0 Å². The van der Waals surface area contributed by atoms with E-state index in [-0.39, 0.29) is 5.56 Å². The van der Waals surface area contributed by atoms with Crippen LogP contribution in [0.1, 0.15) is 12.8 Å². The van der Waals surface area contributed by atoms with Crippen LogP contribution in [0.5, 0.6) is 5.75 Å². The van der Waals surface area contributed by atoms with Crippen molar-refractivity contribution in [1.82, 2.24) is 14.9 Å². The molecule has 3 aromatic rings. The average Bonchev–Trinajstić information content (AvgIpc) is 3.16. The van der Waals surface area contributed by atoms with Crippen molar-refractivity contribution in [2.24, 2.45) is 0 Å². The topological polar surface area (TPSA) is 58.2 Å². The SMILES string of the molecule is O=c1[nH]c(-c2ccc(OCCN3CCCC3)cc2)nc2ccccc12. The number of nitrogens with zero attached hydrogens (tertiary/aromatic N) is 2. The second-order valence-electron chi connectivity index (χ2n) is 6.35. The summed E-state index contributed by atoms with van der Waals surface area (Å²) >= 11 is 0. The van der Waals surface area contributed by atoms with Crippen molar-refractivity contribution >= 4 is 10.9 Å². The Kier molecular flexibility index (Phi) is 4.48. The quantitative estimate of drug-likeness (QED) is 0.778. The molecule has 2 aromatic carbocycles. The van der Waals surface area contributed by atoms with E-state index in [2.05, 4.69) is 14.9 Å². The standard InChI is InChI=1S/C20H21N3O2/c24-20-17-5-1-2-6-18(17)21-19(22-20)15-7-9-16(10-8-15)25-14-13-23-11-3-4-12-23/h1-2,5-10H,3-4,11-14H2,(H,21,22,24). The summed E-state index contributed by atoms with van der Waals surface area (Å²) in [5.41, 5.74) is 1.45. The van der Waals surface area contributed by atoms with Crippen molar-refractivity contribution < 1.29 is 4.74 Å². The molecular formula is C20H21N3O2. The number of hydrogen-bond donors (Lipinski definition) is 1. The van der Waals surface area contributed by atoms with Gasteiger partial charge < -0.3 is 9.72 Å². The summed E-state index contributed by atoms with van der Waals surface area (Å²) in [6.45, 7) is 4.04. The molecule has 1 saturated heterocycles. The molecule has 0 saturated carbocycles. The van der Waals surface area contributed by atoms with Crippen molar-refractivity contribution in [2.75, 3.05) is 26.2 Å². The highest BCUT2D eigenvalue weighted by atomic mass is 16.5. The van der Waals surface area contributed by atoms with Gasteiger partial charge in [-0.2, -0.15) is 0 Å². The molecule has 0 bridgehead atoms. The lowest BCUT2D eigenvalue weighted by atomic mass is 10.2. The van der Waals surface area contributed by atoms with Gasteiger partial charge in [-0.05, 0) is 62.3 Å². The van der Waals surface area contributed by atoms with E-state index >= 15 is 0 Å². The van der Waals surface area contributed by atoms with Crippen LogP contribution in [-0.2, 0) is 0 Å². The summed E-state index contributed by atoms with van der Waals surface area (Å²) in [5.74, 6) is 1.42. The first-order valence-electron chi connectivity index (χ1n) is 8.74. The summed E-state index contributed by atoms with van der Waals surface area (Å²) in [6.07, 6.45) is 2.59. The Morgan fingerprint density at radius 3 is 2.60 bits per heavy atom. The summed E-state index contributed by atoms with van der Waals surface area (Å²) in [7, 11) is 0. The van der Waals surface area contributed by atoms with Crippen molar-refractivity contribution in [3.63, 3.8) is 0 Å². The minimum atomic E-state index is -0.119. The van der Waals surface area contributed by atoms with Crippen LogP contribution in [-0.4, -0.2) is 41.1 Å². The van der Waals surface area contributed by atoms with Gasteiger partial charge in [0.25, 0.3) is 5.56 Å². The Morgan fingerprint density at radius 2 is 1.80 bits per heavy atom. The van der Waals surface area contributed by atoms with Gasteiger partial charge in [0, 0.05) is 12.1 Å². The van der Waals surface area contributed by atoms with E-state index in [1.807, 2.05) is 42.5 Å².